The lowest BCUT2D eigenvalue weighted by Crippen LogP contribution is -2.36. The third kappa shape index (κ3) is 5.40. The summed E-state index contributed by atoms with van der Waals surface area (Å²) in [7, 11) is 4.61. The number of amides is 1. The number of carbonyl (C=O) groups excluding carboxylic acids is 2. The van der Waals surface area contributed by atoms with Crippen molar-refractivity contribution in [1.29, 1.82) is 0 Å². The van der Waals surface area contributed by atoms with Crippen LogP contribution in [0.2, 0.25) is 0 Å². The molecule has 0 spiro atoms. The smallest absolute Gasteiger partial charge is 0.338 e. The van der Waals surface area contributed by atoms with E-state index < -0.39 is 5.97 Å². The summed E-state index contributed by atoms with van der Waals surface area (Å²) in [6.07, 6.45) is 1.92. The highest BCUT2D eigenvalue weighted by atomic mass is 16.5. The van der Waals surface area contributed by atoms with Crippen LogP contribution in [0.3, 0.4) is 0 Å². The van der Waals surface area contributed by atoms with Gasteiger partial charge >= 0.3 is 5.97 Å². The molecule has 1 aliphatic rings. The van der Waals surface area contributed by atoms with Gasteiger partial charge in [-0.05, 0) is 42.7 Å². The number of rotatable bonds is 9. The van der Waals surface area contributed by atoms with E-state index >= 15 is 0 Å². The Hall–Kier alpha value is -3.22. The molecule has 1 aliphatic carbocycles. The summed E-state index contributed by atoms with van der Waals surface area (Å²) in [5.74, 6) is 0.895. The molecule has 0 saturated heterocycles. The van der Waals surface area contributed by atoms with E-state index in [0.717, 1.165) is 24.2 Å². The van der Waals surface area contributed by atoms with Crippen LogP contribution < -0.4 is 14.2 Å². The molecule has 0 radical (unpaired) electrons. The molecule has 3 rings (SSSR count). The summed E-state index contributed by atoms with van der Waals surface area (Å²) < 4.78 is 20.8. The van der Waals surface area contributed by atoms with Crippen LogP contribution in [0.25, 0.3) is 0 Å². The number of methoxy groups -OCH3 is 3. The van der Waals surface area contributed by atoms with Crippen molar-refractivity contribution >= 4 is 11.9 Å². The Balaban J connectivity index is 1.62. The fourth-order valence-electron chi connectivity index (χ4n) is 2.95. The van der Waals surface area contributed by atoms with Gasteiger partial charge in [-0.2, -0.15) is 0 Å². The molecule has 29 heavy (non-hydrogen) atoms. The third-order valence-corrected chi connectivity index (χ3v) is 4.73. The average molecular weight is 399 g/mol. The Labute approximate surface area is 170 Å². The van der Waals surface area contributed by atoms with Gasteiger partial charge < -0.3 is 23.8 Å². The van der Waals surface area contributed by atoms with Crippen molar-refractivity contribution in [3.05, 3.63) is 53.6 Å². The van der Waals surface area contributed by atoms with Crippen molar-refractivity contribution in [2.24, 2.45) is 0 Å². The summed E-state index contributed by atoms with van der Waals surface area (Å²) >= 11 is 0. The first-order chi connectivity index (χ1) is 14.0. The molecule has 7 heteroatoms. The second-order valence-electron chi connectivity index (χ2n) is 6.78. The van der Waals surface area contributed by atoms with Gasteiger partial charge in [0.2, 0.25) is 0 Å². The zero-order chi connectivity index (χ0) is 20.8. The highest BCUT2D eigenvalue weighted by molar-refractivity contribution is 5.92. The van der Waals surface area contributed by atoms with E-state index in [1.54, 1.807) is 30.2 Å². The summed E-state index contributed by atoms with van der Waals surface area (Å²) in [5, 5.41) is 0. The molecule has 7 nitrogen and oxygen atoms in total. The zero-order valence-electron chi connectivity index (χ0n) is 16.8. The first-order valence-electron chi connectivity index (χ1n) is 9.36. The van der Waals surface area contributed by atoms with E-state index in [1.165, 1.54) is 14.2 Å². The quantitative estimate of drug-likeness (QED) is 0.604. The Kier molecular flexibility index (Phi) is 6.59. The van der Waals surface area contributed by atoms with E-state index in [4.69, 9.17) is 18.9 Å². The SMILES string of the molecule is COc1ccc(CN(C(=O)COC(=O)c2cc(OC)cc(OC)c2)C2CC2)cc1. The Bertz CT molecular complexity index is 838. The van der Waals surface area contributed by atoms with Crippen molar-refractivity contribution in [3.63, 3.8) is 0 Å². The summed E-state index contributed by atoms with van der Waals surface area (Å²) in [6.45, 7) is 0.156. The van der Waals surface area contributed by atoms with Crippen molar-refractivity contribution in [1.82, 2.24) is 4.90 Å². The van der Waals surface area contributed by atoms with Crippen LogP contribution in [0.5, 0.6) is 17.2 Å². The second-order valence-corrected chi connectivity index (χ2v) is 6.78. The first kappa shape index (κ1) is 20.5. The standard InChI is InChI=1S/C22H25NO6/c1-26-18-8-4-15(5-9-18)13-23(17-6-7-17)21(24)14-29-22(25)16-10-19(27-2)12-20(11-16)28-3/h4-5,8-12,17H,6-7,13-14H2,1-3H3. The second kappa shape index (κ2) is 9.32. The number of hydrogen-bond acceptors (Lipinski definition) is 6. The Morgan fingerprint density at radius 2 is 1.48 bits per heavy atom. The van der Waals surface area contributed by atoms with Crippen molar-refractivity contribution in [3.8, 4) is 17.2 Å². The van der Waals surface area contributed by atoms with E-state index in [-0.39, 0.29) is 24.1 Å². The largest absolute Gasteiger partial charge is 0.497 e. The maximum Gasteiger partial charge on any atom is 0.338 e. The van der Waals surface area contributed by atoms with E-state index in [1.807, 2.05) is 24.3 Å². The van der Waals surface area contributed by atoms with Crippen LogP contribution in [0.4, 0.5) is 0 Å². The van der Waals surface area contributed by atoms with E-state index in [0.29, 0.717) is 18.0 Å². The Morgan fingerprint density at radius 1 is 0.897 bits per heavy atom. The Morgan fingerprint density at radius 3 is 2.00 bits per heavy atom. The minimum absolute atomic E-state index is 0.195. The van der Waals surface area contributed by atoms with Crippen molar-refractivity contribution in [2.75, 3.05) is 27.9 Å². The molecule has 1 fully saturated rings. The normalized spacial score (nSPS) is 12.8. The van der Waals surface area contributed by atoms with Gasteiger partial charge in [-0.1, -0.05) is 12.1 Å². The van der Waals surface area contributed by atoms with Crippen molar-refractivity contribution < 1.29 is 28.5 Å². The number of carbonyl (C=O) groups is 2. The molecule has 0 atom stereocenters. The van der Waals surface area contributed by atoms with Gasteiger partial charge in [-0.25, -0.2) is 4.79 Å². The van der Waals surface area contributed by atoms with Gasteiger partial charge in [-0.3, -0.25) is 4.79 Å². The monoisotopic (exact) mass is 399 g/mol. The molecule has 0 unspecified atom stereocenters. The molecule has 0 aliphatic heterocycles. The number of nitrogens with zero attached hydrogens (tertiary/aromatic N) is 1. The minimum atomic E-state index is -0.601. The molecule has 154 valence electrons. The van der Waals surface area contributed by atoms with Gasteiger partial charge in [-0.15, -0.1) is 0 Å². The number of benzene rings is 2. The van der Waals surface area contributed by atoms with Crippen LogP contribution >= 0.6 is 0 Å². The molecular weight excluding hydrogens is 374 g/mol. The molecule has 0 aromatic heterocycles. The van der Waals surface area contributed by atoms with Crippen LogP contribution in [-0.2, 0) is 16.1 Å². The number of esters is 1. The van der Waals surface area contributed by atoms with Gasteiger partial charge in [0, 0.05) is 18.7 Å². The topological polar surface area (TPSA) is 74.3 Å². The third-order valence-electron chi connectivity index (χ3n) is 4.73. The van der Waals surface area contributed by atoms with Gasteiger partial charge in [0.25, 0.3) is 5.91 Å². The zero-order valence-corrected chi connectivity index (χ0v) is 16.8. The van der Waals surface area contributed by atoms with Crippen LogP contribution in [0.1, 0.15) is 28.8 Å². The van der Waals surface area contributed by atoms with Crippen LogP contribution in [0, 0.1) is 0 Å². The lowest BCUT2D eigenvalue weighted by atomic mass is 10.2. The molecule has 1 saturated carbocycles. The summed E-state index contributed by atoms with van der Waals surface area (Å²) in [6, 6.07) is 12.5. The number of ether oxygens (including phenoxy) is 4. The molecule has 0 heterocycles. The number of hydrogen-bond donors (Lipinski definition) is 0. The van der Waals surface area contributed by atoms with Gasteiger partial charge in [0.1, 0.15) is 17.2 Å². The van der Waals surface area contributed by atoms with Gasteiger partial charge in [0.05, 0.1) is 26.9 Å². The lowest BCUT2D eigenvalue weighted by Gasteiger charge is -2.22. The van der Waals surface area contributed by atoms with E-state index in [9.17, 15) is 9.59 Å². The lowest BCUT2D eigenvalue weighted by molar-refractivity contribution is -0.135. The fraction of sp³-hybridized carbons (Fsp3) is 0.364. The molecule has 0 bridgehead atoms. The van der Waals surface area contributed by atoms with Crippen LogP contribution in [-0.4, -0.2) is 50.8 Å². The van der Waals surface area contributed by atoms with Crippen LogP contribution in [0.15, 0.2) is 42.5 Å². The maximum atomic E-state index is 12.7. The molecule has 0 N–H and O–H groups in total. The summed E-state index contributed by atoms with van der Waals surface area (Å²) in [5.41, 5.74) is 1.26. The van der Waals surface area contributed by atoms with Gasteiger partial charge in [0.15, 0.2) is 6.61 Å². The molecule has 1 amide bonds. The highest BCUT2D eigenvalue weighted by Gasteiger charge is 2.33. The predicted molar refractivity (Wildman–Crippen MR) is 106 cm³/mol. The first-order valence-corrected chi connectivity index (χ1v) is 9.36. The molecule has 2 aromatic rings. The summed E-state index contributed by atoms with van der Waals surface area (Å²) in [4.78, 5) is 26.9. The molecular formula is C22H25NO6. The predicted octanol–water partition coefficient (Wildman–Crippen LogP) is 3.06. The van der Waals surface area contributed by atoms with E-state index in [2.05, 4.69) is 0 Å². The highest BCUT2D eigenvalue weighted by Crippen LogP contribution is 2.29. The minimum Gasteiger partial charge on any atom is -0.497 e. The maximum absolute atomic E-state index is 12.7. The average Bonchev–Trinajstić information content (AvgIpc) is 3.60. The van der Waals surface area contributed by atoms with Crippen molar-refractivity contribution in [2.45, 2.75) is 25.4 Å². The molecule has 2 aromatic carbocycles. The fourth-order valence-corrected chi connectivity index (χ4v) is 2.95.